The molecule has 0 aromatic heterocycles. The lowest BCUT2D eigenvalue weighted by Crippen LogP contribution is -2.11. The van der Waals surface area contributed by atoms with Crippen molar-refractivity contribution in [2.45, 2.75) is 26.2 Å². The first-order valence-electron chi connectivity index (χ1n) is 7.31. The molecule has 4 heteroatoms. The maximum atomic E-state index is 13.5. The van der Waals surface area contributed by atoms with Crippen molar-refractivity contribution in [3.05, 3.63) is 71.3 Å². The van der Waals surface area contributed by atoms with Gasteiger partial charge in [0.15, 0.2) is 0 Å². The lowest BCUT2D eigenvalue weighted by Gasteiger charge is -2.18. The van der Waals surface area contributed by atoms with Crippen LogP contribution in [0.25, 0.3) is 6.08 Å². The minimum atomic E-state index is -0.804. The molecule has 0 bridgehead atoms. The third-order valence-corrected chi connectivity index (χ3v) is 3.41. The number of hydrogen-bond donors (Lipinski definition) is 1. The van der Waals surface area contributed by atoms with Gasteiger partial charge < -0.3 is 5.32 Å². The van der Waals surface area contributed by atoms with Crippen LogP contribution in [0.2, 0.25) is 0 Å². The fraction of sp³-hybridized carbons (Fsp3) is 0.211. The van der Waals surface area contributed by atoms with Crippen molar-refractivity contribution in [2.75, 3.05) is 5.32 Å². The van der Waals surface area contributed by atoms with Gasteiger partial charge in [-0.2, -0.15) is 0 Å². The minimum Gasteiger partial charge on any atom is -0.318 e. The average Bonchev–Trinajstić information content (AvgIpc) is 2.48. The van der Waals surface area contributed by atoms with Crippen LogP contribution >= 0.6 is 0 Å². The lowest BCUT2D eigenvalue weighted by molar-refractivity contribution is -0.111. The van der Waals surface area contributed by atoms with Crippen LogP contribution < -0.4 is 5.32 Å². The summed E-state index contributed by atoms with van der Waals surface area (Å²) in [6.45, 7) is 6.36. The zero-order chi connectivity index (χ0) is 17.0. The summed E-state index contributed by atoms with van der Waals surface area (Å²) in [6, 6.07) is 11.2. The van der Waals surface area contributed by atoms with Gasteiger partial charge in [-0.3, -0.25) is 4.79 Å². The molecule has 0 saturated carbocycles. The van der Waals surface area contributed by atoms with E-state index in [1.807, 2.05) is 24.3 Å². The topological polar surface area (TPSA) is 29.1 Å². The smallest absolute Gasteiger partial charge is 0.248 e. The molecule has 0 unspecified atom stereocenters. The first kappa shape index (κ1) is 16.9. The predicted molar refractivity (Wildman–Crippen MR) is 89.2 cm³/mol. The zero-order valence-corrected chi connectivity index (χ0v) is 13.4. The van der Waals surface area contributed by atoms with Gasteiger partial charge in [-0.25, -0.2) is 8.78 Å². The molecular formula is C19H19F2NO. The van der Waals surface area contributed by atoms with E-state index < -0.39 is 23.2 Å². The van der Waals surface area contributed by atoms with E-state index in [0.717, 1.165) is 17.7 Å². The standard InChI is InChI=1S/C19H19F2NO/c1-19(2,3)14-10-7-13(8-11-14)9-12-17(23)22-18-15(20)5-4-6-16(18)21/h4-12H,1-3H3,(H,22,23)/b12-9+. The highest BCUT2D eigenvalue weighted by atomic mass is 19.1. The lowest BCUT2D eigenvalue weighted by atomic mass is 9.87. The van der Waals surface area contributed by atoms with Gasteiger partial charge in [0.1, 0.15) is 17.3 Å². The highest BCUT2D eigenvalue weighted by Gasteiger charge is 2.12. The van der Waals surface area contributed by atoms with Gasteiger partial charge >= 0.3 is 0 Å². The molecule has 0 atom stereocenters. The van der Waals surface area contributed by atoms with Gasteiger partial charge in [0.05, 0.1) is 0 Å². The molecular weight excluding hydrogens is 296 g/mol. The Kier molecular flexibility index (Phi) is 4.94. The van der Waals surface area contributed by atoms with E-state index in [1.165, 1.54) is 17.7 Å². The van der Waals surface area contributed by atoms with Crippen LogP contribution in [-0.4, -0.2) is 5.91 Å². The van der Waals surface area contributed by atoms with Crippen molar-refractivity contribution in [1.29, 1.82) is 0 Å². The Hall–Kier alpha value is -2.49. The van der Waals surface area contributed by atoms with Gasteiger partial charge in [-0.15, -0.1) is 0 Å². The molecule has 23 heavy (non-hydrogen) atoms. The highest BCUT2D eigenvalue weighted by Crippen LogP contribution is 2.22. The van der Waals surface area contributed by atoms with E-state index in [0.29, 0.717) is 0 Å². The van der Waals surface area contributed by atoms with Gasteiger partial charge in [0, 0.05) is 6.08 Å². The largest absolute Gasteiger partial charge is 0.318 e. The third kappa shape index (κ3) is 4.49. The van der Waals surface area contributed by atoms with Gasteiger partial charge in [-0.1, -0.05) is 51.1 Å². The molecule has 0 radical (unpaired) electrons. The van der Waals surface area contributed by atoms with E-state index in [9.17, 15) is 13.6 Å². The number of amides is 1. The summed E-state index contributed by atoms with van der Waals surface area (Å²) in [6.07, 6.45) is 2.85. The molecule has 2 aromatic carbocycles. The Balaban J connectivity index is 2.07. The molecule has 0 aliphatic rings. The number of anilines is 1. The van der Waals surface area contributed by atoms with E-state index in [4.69, 9.17) is 0 Å². The molecule has 2 aromatic rings. The molecule has 0 spiro atoms. The number of rotatable bonds is 3. The van der Waals surface area contributed by atoms with Crippen LogP contribution in [0.15, 0.2) is 48.5 Å². The average molecular weight is 315 g/mol. The summed E-state index contributed by atoms with van der Waals surface area (Å²) in [7, 11) is 0. The molecule has 0 fully saturated rings. The molecule has 2 rings (SSSR count). The molecule has 2 nitrogen and oxygen atoms in total. The quantitative estimate of drug-likeness (QED) is 0.801. The van der Waals surface area contributed by atoms with Crippen LogP contribution in [0.1, 0.15) is 31.9 Å². The summed E-state index contributed by atoms with van der Waals surface area (Å²) in [5, 5.41) is 2.21. The number of halogens is 2. The normalized spacial score (nSPS) is 11.7. The minimum absolute atomic E-state index is 0.0575. The maximum Gasteiger partial charge on any atom is 0.248 e. The van der Waals surface area contributed by atoms with E-state index in [-0.39, 0.29) is 5.41 Å². The molecule has 120 valence electrons. The zero-order valence-electron chi connectivity index (χ0n) is 13.4. The molecule has 1 amide bonds. The molecule has 0 heterocycles. The Morgan fingerprint density at radius 3 is 2.09 bits per heavy atom. The van der Waals surface area contributed by atoms with Crippen molar-refractivity contribution in [1.82, 2.24) is 0 Å². The second kappa shape index (κ2) is 6.73. The SMILES string of the molecule is CC(C)(C)c1ccc(/C=C/C(=O)Nc2c(F)cccc2F)cc1. The number of carbonyl (C=O) groups excluding carboxylic acids is 1. The van der Waals surface area contributed by atoms with E-state index in [2.05, 4.69) is 26.1 Å². The van der Waals surface area contributed by atoms with Crippen molar-refractivity contribution in [3.8, 4) is 0 Å². The fourth-order valence-electron chi connectivity index (χ4n) is 2.05. The maximum absolute atomic E-state index is 13.5. The van der Waals surface area contributed by atoms with E-state index >= 15 is 0 Å². The molecule has 0 aliphatic heterocycles. The second-order valence-corrected chi connectivity index (χ2v) is 6.29. The molecule has 0 saturated heterocycles. The first-order valence-corrected chi connectivity index (χ1v) is 7.31. The number of nitrogens with one attached hydrogen (secondary N) is 1. The van der Waals surface area contributed by atoms with Crippen LogP contribution in [0.3, 0.4) is 0 Å². The summed E-state index contributed by atoms with van der Waals surface area (Å²) < 4.78 is 26.9. The first-order chi connectivity index (χ1) is 10.8. The third-order valence-electron chi connectivity index (χ3n) is 3.41. The predicted octanol–water partition coefficient (Wildman–Crippen LogP) is 4.91. The van der Waals surface area contributed by atoms with Gasteiger partial charge in [0.25, 0.3) is 0 Å². The molecule has 0 aliphatic carbocycles. The van der Waals surface area contributed by atoms with Gasteiger partial charge in [-0.05, 0) is 34.8 Å². The van der Waals surface area contributed by atoms with Gasteiger partial charge in [0.2, 0.25) is 5.91 Å². The van der Waals surface area contributed by atoms with Crippen LogP contribution in [0.4, 0.5) is 14.5 Å². The number of para-hydroxylation sites is 1. The Morgan fingerprint density at radius 2 is 1.57 bits per heavy atom. The monoisotopic (exact) mass is 315 g/mol. The van der Waals surface area contributed by atoms with Crippen molar-refractivity contribution in [2.24, 2.45) is 0 Å². The Labute approximate surface area is 134 Å². The Morgan fingerprint density at radius 1 is 1.00 bits per heavy atom. The fourth-order valence-corrected chi connectivity index (χ4v) is 2.05. The summed E-state index contributed by atoms with van der Waals surface area (Å²) in [4.78, 5) is 11.8. The van der Waals surface area contributed by atoms with Crippen molar-refractivity contribution in [3.63, 3.8) is 0 Å². The van der Waals surface area contributed by atoms with E-state index in [1.54, 1.807) is 6.08 Å². The number of benzene rings is 2. The van der Waals surface area contributed by atoms with Crippen molar-refractivity contribution < 1.29 is 13.6 Å². The summed E-state index contributed by atoms with van der Waals surface area (Å²) >= 11 is 0. The summed E-state index contributed by atoms with van der Waals surface area (Å²) in [5.74, 6) is -2.20. The number of carbonyl (C=O) groups is 1. The number of hydrogen-bond acceptors (Lipinski definition) is 1. The van der Waals surface area contributed by atoms with Crippen LogP contribution in [0.5, 0.6) is 0 Å². The van der Waals surface area contributed by atoms with Crippen LogP contribution in [-0.2, 0) is 10.2 Å². The van der Waals surface area contributed by atoms with Crippen LogP contribution in [0, 0.1) is 11.6 Å². The van der Waals surface area contributed by atoms with Crippen molar-refractivity contribution >= 4 is 17.7 Å². The Bertz CT molecular complexity index is 708. The molecule has 1 N–H and O–H groups in total. The highest BCUT2D eigenvalue weighted by molar-refractivity contribution is 6.02. The summed E-state index contributed by atoms with van der Waals surface area (Å²) in [5.41, 5.74) is 1.64. The second-order valence-electron chi connectivity index (χ2n) is 6.29.